The van der Waals surface area contributed by atoms with Gasteiger partial charge in [-0.2, -0.15) is 0 Å². The summed E-state index contributed by atoms with van der Waals surface area (Å²) in [4.78, 5) is 0.270. The third kappa shape index (κ3) is 1.24. The molecule has 0 unspecified atom stereocenters. The van der Waals surface area contributed by atoms with Crippen molar-refractivity contribution in [3.8, 4) is 0 Å². The third-order valence-electron chi connectivity index (χ3n) is 2.35. The predicted octanol–water partition coefficient (Wildman–Crippen LogP) is 2.77. The molecule has 2 aliphatic rings. The molecular formula is C7H9Br3O2. The minimum atomic E-state index is -0.507. The number of ether oxygens (including phenoxy) is 2. The summed E-state index contributed by atoms with van der Waals surface area (Å²) >= 11 is 10.8. The lowest BCUT2D eigenvalue weighted by Gasteiger charge is -2.34. The summed E-state index contributed by atoms with van der Waals surface area (Å²) in [6.45, 7) is 1.36. The van der Waals surface area contributed by atoms with Crippen LogP contribution in [0.3, 0.4) is 0 Å². The van der Waals surface area contributed by atoms with Crippen molar-refractivity contribution in [3.05, 3.63) is 0 Å². The predicted molar refractivity (Wildman–Crippen MR) is 57.2 cm³/mol. The van der Waals surface area contributed by atoms with E-state index in [2.05, 4.69) is 47.8 Å². The highest BCUT2D eigenvalue weighted by Gasteiger charge is 2.61. The smallest absolute Gasteiger partial charge is 0.206 e. The normalized spacial score (nSPS) is 37.8. The van der Waals surface area contributed by atoms with E-state index in [0.717, 1.165) is 12.8 Å². The number of alkyl halides is 3. The number of rotatable bonds is 0. The molecule has 1 aliphatic heterocycles. The summed E-state index contributed by atoms with van der Waals surface area (Å²) in [6.07, 6.45) is 2.05. The fourth-order valence-electron chi connectivity index (χ4n) is 1.72. The van der Waals surface area contributed by atoms with Gasteiger partial charge < -0.3 is 9.47 Å². The zero-order valence-electron chi connectivity index (χ0n) is 6.36. The SMILES string of the molecule is Br[C@@H]1CCC(Br)(Br)C12OCCO2. The molecule has 1 atom stereocenters. The molecule has 0 aromatic heterocycles. The van der Waals surface area contributed by atoms with Crippen molar-refractivity contribution in [2.24, 2.45) is 0 Å². The van der Waals surface area contributed by atoms with Crippen LogP contribution in [0.4, 0.5) is 0 Å². The van der Waals surface area contributed by atoms with Crippen molar-refractivity contribution in [1.82, 2.24) is 0 Å². The molecule has 1 heterocycles. The molecule has 1 aliphatic carbocycles. The highest BCUT2D eigenvalue weighted by molar-refractivity contribution is 9.25. The molecule has 0 radical (unpaired) electrons. The Balaban J connectivity index is 2.29. The van der Waals surface area contributed by atoms with Gasteiger partial charge in [0.15, 0.2) is 0 Å². The molecule has 0 aromatic carbocycles. The Hall–Kier alpha value is 1.36. The van der Waals surface area contributed by atoms with Gasteiger partial charge in [-0.25, -0.2) is 0 Å². The van der Waals surface area contributed by atoms with E-state index in [1.165, 1.54) is 0 Å². The van der Waals surface area contributed by atoms with Crippen LogP contribution >= 0.6 is 47.8 Å². The van der Waals surface area contributed by atoms with E-state index in [1.807, 2.05) is 0 Å². The second kappa shape index (κ2) is 3.19. The Kier molecular flexibility index (Phi) is 2.63. The summed E-state index contributed by atoms with van der Waals surface area (Å²) in [5.41, 5.74) is 0. The van der Waals surface area contributed by atoms with Crippen molar-refractivity contribution in [1.29, 1.82) is 0 Å². The maximum Gasteiger partial charge on any atom is 0.206 e. The average molecular weight is 365 g/mol. The molecule has 5 heteroatoms. The molecule has 12 heavy (non-hydrogen) atoms. The van der Waals surface area contributed by atoms with Gasteiger partial charge in [-0.1, -0.05) is 47.8 Å². The first-order valence-electron chi connectivity index (χ1n) is 3.88. The summed E-state index contributed by atoms with van der Waals surface area (Å²) < 4.78 is 11.1. The molecule has 1 spiro atoms. The van der Waals surface area contributed by atoms with Crippen molar-refractivity contribution < 1.29 is 9.47 Å². The maximum absolute atomic E-state index is 5.67. The van der Waals surface area contributed by atoms with Crippen LogP contribution in [-0.4, -0.2) is 27.1 Å². The van der Waals surface area contributed by atoms with Gasteiger partial charge in [0, 0.05) is 0 Å². The second-order valence-corrected chi connectivity index (χ2v) is 7.95. The molecule has 2 rings (SSSR count). The second-order valence-electron chi connectivity index (χ2n) is 3.08. The first-order valence-corrected chi connectivity index (χ1v) is 6.38. The van der Waals surface area contributed by atoms with Crippen LogP contribution in [0.15, 0.2) is 0 Å². The maximum atomic E-state index is 5.67. The standard InChI is InChI=1S/C7H9Br3O2/c8-5-1-2-6(9,10)7(5)11-3-4-12-7/h5H,1-4H2/t5-/m1/s1. The van der Waals surface area contributed by atoms with Crippen LogP contribution < -0.4 is 0 Å². The van der Waals surface area contributed by atoms with Crippen molar-refractivity contribution in [2.45, 2.75) is 26.7 Å². The molecule has 70 valence electrons. The molecule has 0 bridgehead atoms. The number of hydrogen-bond acceptors (Lipinski definition) is 2. The number of halogens is 3. The van der Waals surface area contributed by atoms with Crippen LogP contribution in [0.5, 0.6) is 0 Å². The molecule has 1 saturated heterocycles. The Labute approximate surface area is 96.7 Å². The lowest BCUT2D eigenvalue weighted by Crippen LogP contribution is -2.47. The highest BCUT2D eigenvalue weighted by atomic mass is 79.9. The summed E-state index contributed by atoms with van der Waals surface area (Å²) in [6, 6.07) is 0. The van der Waals surface area contributed by atoms with E-state index in [0.29, 0.717) is 13.2 Å². The van der Waals surface area contributed by atoms with Crippen molar-refractivity contribution in [3.63, 3.8) is 0 Å². The van der Waals surface area contributed by atoms with Gasteiger partial charge in [0.1, 0.15) is 3.23 Å². The summed E-state index contributed by atoms with van der Waals surface area (Å²) in [7, 11) is 0. The number of hydrogen-bond donors (Lipinski definition) is 0. The summed E-state index contributed by atoms with van der Waals surface area (Å²) in [5.74, 6) is -0.507. The van der Waals surface area contributed by atoms with Gasteiger partial charge >= 0.3 is 0 Å². The Bertz CT molecular complexity index is 189. The molecule has 2 nitrogen and oxygen atoms in total. The van der Waals surface area contributed by atoms with Crippen LogP contribution in [0.2, 0.25) is 0 Å². The molecule has 2 fully saturated rings. The van der Waals surface area contributed by atoms with E-state index < -0.39 is 5.79 Å². The quantitative estimate of drug-likeness (QED) is 0.615. The Morgan fingerprint density at radius 2 is 1.75 bits per heavy atom. The molecule has 0 N–H and O–H groups in total. The molecule has 0 aromatic rings. The van der Waals surface area contributed by atoms with E-state index in [1.54, 1.807) is 0 Å². The monoisotopic (exact) mass is 362 g/mol. The first kappa shape index (κ1) is 9.90. The highest BCUT2D eigenvalue weighted by Crippen LogP contribution is 2.56. The zero-order chi connectivity index (χ0) is 8.82. The van der Waals surface area contributed by atoms with Gasteiger partial charge in [-0.05, 0) is 12.8 Å². The molecule has 1 saturated carbocycles. The van der Waals surface area contributed by atoms with Gasteiger partial charge in [0.25, 0.3) is 0 Å². The third-order valence-corrected chi connectivity index (χ3v) is 5.31. The van der Waals surface area contributed by atoms with E-state index in [9.17, 15) is 0 Å². The lowest BCUT2D eigenvalue weighted by molar-refractivity contribution is -0.144. The summed E-state index contributed by atoms with van der Waals surface area (Å²) in [5, 5.41) is 0. The largest absolute Gasteiger partial charge is 0.344 e. The fraction of sp³-hybridized carbons (Fsp3) is 1.00. The van der Waals surface area contributed by atoms with E-state index in [-0.39, 0.29) is 8.06 Å². The van der Waals surface area contributed by atoms with Crippen LogP contribution in [0.25, 0.3) is 0 Å². The fourth-order valence-corrected chi connectivity index (χ4v) is 4.69. The van der Waals surface area contributed by atoms with Crippen LogP contribution in [-0.2, 0) is 9.47 Å². The Morgan fingerprint density at radius 1 is 1.17 bits per heavy atom. The Morgan fingerprint density at radius 3 is 2.17 bits per heavy atom. The zero-order valence-corrected chi connectivity index (χ0v) is 11.1. The van der Waals surface area contributed by atoms with Gasteiger partial charge in [0.05, 0.1) is 18.0 Å². The lowest BCUT2D eigenvalue weighted by atomic mass is 10.2. The molecule has 0 amide bonds. The van der Waals surface area contributed by atoms with Gasteiger partial charge in [-0.15, -0.1) is 0 Å². The topological polar surface area (TPSA) is 18.5 Å². The van der Waals surface area contributed by atoms with Crippen molar-refractivity contribution >= 4 is 47.8 Å². The minimum absolute atomic E-state index is 0.225. The van der Waals surface area contributed by atoms with Gasteiger partial charge in [0.2, 0.25) is 5.79 Å². The van der Waals surface area contributed by atoms with Gasteiger partial charge in [-0.3, -0.25) is 0 Å². The van der Waals surface area contributed by atoms with E-state index in [4.69, 9.17) is 9.47 Å². The minimum Gasteiger partial charge on any atom is -0.344 e. The van der Waals surface area contributed by atoms with Crippen molar-refractivity contribution in [2.75, 3.05) is 13.2 Å². The van der Waals surface area contributed by atoms with Crippen LogP contribution in [0.1, 0.15) is 12.8 Å². The molecular weight excluding hydrogens is 356 g/mol. The first-order chi connectivity index (χ1) is 5.58. The van der Waals surface area contributed by atoms with E-state index >= 15 is 0 Å². The van der Waals surface area contributed by atoms with Crippen LogP contribution in [0, 0.1) is 0 Å². The average Bonchev–Trinajstić information content (AvgIpc) is 2.55.